The van der Waals surface area contributed by atoms with Crippen molar-refractivity contribution in [3.05, 3.63) is 106 Å². The minimum Gasteiger partial charge on any atom is -0.444 e. The van der Waals surface area contributed by atoms with E-state index in [9.17, 15) is 19.2 Å². The second-order valence-corrected chi connectivity index (χ2v) is 12.7. The van der Waals surface area contributed by atoms with Gasteiger partial charge in [-0.05, 0) is 43.0 Å². The number of ketones is 1. The number of carbonyl (C=O) groups is 4. The number of Topliss-reactive ketones (excluding diaryl/α,β-unsaturated/α-hetero) is 1. The molecule has 2 heterocycles. The molecule has 6 rings (SSSR count). The van der Waals surface area contributed by atoms with Gasteiger partial charge in [-0.3, -0.25) is 19.3 Å². The summed E-state index contributed by atoms with van der Waals surface area (Å²) >= 11 is 2.74. The Morgan fingerprint density at radius 2 is 1.64 bits per heavy atom. The fourth-order valence-electron chi connectivity index (χ4n) is 4.81. The zero-order valence-corrected chi connectivity index (χ0v) is 25.5. The van der Waals surface area contributed by atoms with Gasteiger partial charge in [0.2, 0.25) is 5.91 Å². The van der Waals surface area contributed by atoms with Gasteiger partial charge in [0, 0.05) is 33.9 Å². The van der Waals surface area contributed by atoms with Gasteiger partial charge in [0.05, 0.1) is 5.69 Å². The highest BCUT2D eigenvalue weighted by atomic mass is 32.2. The first-order chi connectivity index (χ1) is 21.4. The van der Waals surface area contributed by atoms with Crippen molar-refractivity contribution in [3.8, 4) is 11.3 Å². The molecule has 2 atom stereocenters. The van der Waals surface area contributed by atoms with Crippen molar-refractivity contribution >= 4 is 51.9 Å². The van der Waals surface area contributed by atoms with Gasteiger partial charge in [0.25, 0.3) is 5.91 Å². The van der Waals surface area contributed by atoms with Crippen LogP contribution in [0.2, 0.25) is 0 Å². The van der Waals surface area contributed by atoms with Crippen LogP contribution in [0.25, 0.3) is 11.3 Å². The van der Waals surface area contributed by atoms with Gasteiger partial charge in [-0.1, -0.05) is 66.7 Å². The van der Waals surface area contributed by atoms with Gasteiger partial charge < -0.3 is 15.4 Å². The largest absolute Gasteiger partial charge is 0.444 e. The molecule has 9 nitrogen and oxygen atoms in total. The molecule has 3 amide bonds. The molecule has 2 N–H and O–H groups in total. The van der Waals surface area contributed by atoms with Crippen molar-refractivity contribution in [2.24, 2.45) is 0 Å². The number of aromatic nitrogens is 1. The number of hydrogen-bond acceptors (Lipinski definition) is 8. The van der Waals surface area contributed by atoms with E-state index in [1.54, 1.807) is 36.4 Å². The molecule has 0 bridgehead atoms. The number of benzene rings is 3. The van der Waals surface area contributed by atoms with Crippen LogP contribution in [0.15, 0.2) is 84.2 Å². The lowest BCUT2D eigenvalue weighted by Crippen LogP contribution is -2.45. The number of rotatable bonds is 9. The fraction of sp³-hybridized carbons (Fsp3) is 0.242. The first kappa shape index (κ1) is 29.6. The molecule has 44 heavy (non-hydrogen) atoms. The van der Waals surface area contributed by atoms with Crippen LogP contribution < -0.4 is 10.6 Å². The van der Waals surface area contributed by atoms with Crippen LogP contribution in [0.4, 0.5) is 9.93 Å². The van der Waals surface area contributed by atoms with E-state index < -0.39 is 17.5 Å². The van der Waals surface area contributed by atoms with Gasteiger partial charge >= 0.3 is 6.09 Å². The average Bonchev–Trinajstić information content (AvgIpc) is 3.54. The number of anilines is 1. The van der Waals surface area contributed by atoms with E-state index in [0.29, 0.717) is 27.7 Å². The van der Waals surface area contributed by atoms with Gasteiger partial charge in [-0.2, -0.15) is 0 Å². The molecule has 2 unspecified atom stereocenters. The lowest BCUT2D eigenvalue weighted by molar-refractivity contribution is -0.120. The smallest absolute Gasteiger partial charge is 0.412 e. The standard InChI is InChI=1S/C33H30N4O5S2/c1-20(38)22-7-13-25(14-8-22)31-37(33(41)42-17-21-5-3-2-4-6-21)28(19-43-31)30(40)36-32-35-27(18-44-32)23-9-11-24(12-10-23)29(39)34-26-15-16-26/h2-14,18,26,28,31H,15-17,19H2,1H3,(H,34,39)(H,35,36,40). The maximum atomic E-state index is 13.6. The van der Waals surface area contributed by atoms with E-state index in [2.05, 4.69) is 15.6 Å². The summed E-state index contributed by atoms with van der Waals surface area (Å²) in [4.78, 5) is 57.2. The van der Waals surface area contributed by atoms with Gasteiger partial charge in [0.15, 0.2) is 10.9 Å². The number of thioether (sulfide) groups is 1. The molecule has 224 valence electrons. The van der Waals surface area contributed by atoms with E-state index in [0.717, 1.165) is 29.5 Å². The summed E-state index contributed by atoms with van der Waals surface area (Å²) in [5.74, 6) is -0.150. The minimum absolute atomic E-state index is 0.0511. The Bertz CT molecular complexity index is 1670. The molecule has 1 aliphatic carbocycles. The van der Waals surface area contributed by atoms with Crippen LogP contribution in [-0.4, -0.2) is 51.4 Å². The van der Waals surface area contributed by atoms with Crippen LogP contribution in [0.3, 0.4) is 0 Å². The molecular weight excluding hydrogens is 597 g/mol. The first-order valence-corrected chi connectivity index (χ1v) is 16.2. The average molecular weight is 627 g/mol. The number of nitrogens with one attached hydrogen (secondary N) is 2. The molecule has 1 saturated heterocycles. The third-order valence-electron chi connectivity index (χ3n) is 7.41. The summed E-state index contributed by atoms with van der Waals surface area (Å²) in [6, 6.07) is 23.1. The lowest BCUT2D eigenvalue weighted by Gasteiger charge is -2.28. The lowest BCUT2D eigenvalue weighted by atomic mass is 10.1. The first-order valence-electron chi connectivity index (χ1n) is 14.2. The Morgan fingerprint density at radius 1 is 0.932 bits per heavy atom. The van der Waals surface area contributed by atoms with E-state index in [4.69, 9.17) is 4.74 Å². The number of amides is 3. The second kappa shape index (κ2) is 13.0. The third-order valence-corrected chi connectivity index (χ3v) is 9.49. The van der Waals surface area contributed by atoms with E-state index in [-0.39, 0.29) is 30.2 Å². The molecule has 0 spiro atoms. The molecule has 11 heteroatoms. The van der Waals surface area contributed by atoms with Crippen molar-refractivity contribution in [1.82, 2.24) is 15.2 Å². The molecule has 0 radical (unpaired) electrons. The van der Waals surface area contributed by atoms with E-state index in [1.807, 2.05) is 47.8 Å². The number of hydrogen-bond donors (Lipinski definition) is 2. The highest BCUT2D eigenvalue weighted by molar-refractivity contribution is 7.99. The minimum atomic E-state index is -0.808. The van der Waals surface area contributed by atoms with E-state index >= 15 is 0 Å². The SMILES string of the molecule is CC(=O)c1ccc(C2SCC(C(=O)Nc3nc(-c4ccc(C(=O)NC5CC5)cc4)cs3)N2C(=O)OCc2ccccc2)cc1. The molecule has 1 aromatic heterocycles. The van der Waals surface area contributed by atoms with Crippen molar-refractivity contribution in [3.63, 3.8) is 0 Å². The van der Waals surface area contributed by atoms with Crippen molar-refractivity contribution in [2.45, 2.75) is 43.8 Å². The summed E-state index contributed by atoms with van der Waals surface area (Å²) in [6.45, 7) is 1.57. The summed E-state index contributed by atoms with van der Waals surface area (Å²) in [5, 5.41) is 7.62. The van der Waals surface area contributed by atoms with Crippen LogP contribution in [-0.2, 0) is 16.1 Å². The molecular formula is C33H30N4O5S2. The second-order valence-electron chi connectivity index (χ2n) is 10.7. The molecule has 2 fully saturated rings. The molecule has 1 aliphatic heterocycles. The van der Waals surface area contributed by atoms with Crippen LogP contribution >= 0.6 is 23.1 Å². The van der Waals surface area contributed by atoms with Gasteiger partial charge in [-0.15, -0.1) is 23.1 Å². The fourth-order valence-corrected chi connectivity index (χ4v) is 6.95. The summed E-state index contributed by atoms with van der Waals surface area (Å²) in [5.41, 5.74) is 4.28. The topological polar surface area (TPSA) is 118 Å². The van der Waals surface area contributed by atoms with Crippen molar-refractivity contribution in [1.29, 1.82) is 0 Å². The zero-order valence-electron chi connectivity index (χ0n) is 23.9. The summed E-state index contributed by atoms with van der Waals surface area (Å²) < 4.78 is 5.67. The van der Waals surface area contributed by atoms with Crippen molar-refractivity contribution < 1.29 is 23.9 Å². The molecule has 3 aromatic carbocycles. The molecule has 2 aliphatic rings. The zero-order chi connectivity index (χ0) is 30.6. The molecule has 1 saturated carbocycles. The normalized spacial score (nSPS) is 17.6. The summed E-state index contributed by atoms with van der Waals surface area (Å²) in [7, 11) is 0. The Balaban J connectivity index is 1.16. The maximum absolute atomic E-state index is 13.6. The predicted molar refractivity (Wildman–Crippen MR) is 171 cm³/mol. The predicted octanol–water partition coefficient (Wildman–Crippen LogP) is 6.30. The molecule has 4 aromatic rings. The van der Waals surface area contributed by atoms with Crippen LogP contribution in [0.1, 0.15) is 57.0 Å². The highest BCUT2D eigenvalue weighted by Crippen LogP contribution is 2.42. The Labute approximate surface area is 263 Å². The van der Waals surface area contributed by atoms with Crippen LogP contribution in [0, 0.1) is 0 Å². The Hall–Kier alpha value is -4.48. The Kier molecular flexibility index (Phi) is 8.76. The van der Waals surface area contributed by atoms with E-state index in [1.165, 1.54) is 34.9 Å². The number of thiazole rings is 1. The third kappa shape index (κ3) is 6.84. The monoisotopic (exact) mass is 626 g/mol. The maximum Gasteiger partial charge on any atom is 0.412 e. The van der Waals surface area contributed by atoms with Gasteiger partial charge in [-0.25, -0.2) is 9.78 Å². The highest BCUT2D eigenvalue weighted by Gasteiger charge is 2.43. The summed E-state index contributed by atoms with van der Waals surface area (Å²) in [6.07, 6.45) is 1.45. The number of ether oxygens (including phenoxy) is 1. The van der Waals surface area contributed by atoms with Gasteiger partial charge in [0.1, 0.15) is 18.0 Å². The number of nitrogens with zero attached hydrogens (tertiary/aromatic N) is 2. The quantitative estimate of drug-likeness (QED) is 0.210. The van der Waals surface area contributed by atoms with Crippen LogP contribution in [0.5, 0.6) is 0 Å². The number of carbonyl (C=O) groups excluding carboxylic acids is 4. The Morgan fingerprint density at radius 3 is 2.32 bits per heavy atom. The van der Waals surface area contributed by atoms with Crippen molar-refractivity contribution in [2.75, 3.05) is 11.1 Å².